The van der Waals surface area contributed by atoms with Crippen molar-refractivity contribution < 1.29 is 18.1 Å². The van der Waals surface area contributed by atoms with Gasteiger partial charge in [-0.25, -0.2) is 4.98 Å². The van der Waals surface area contributed by atoms with Crippen LogP contribution in [0, 0.1) is 10.1 Å². The SMILES string of the molecule is CCCCc1nc2cc(C(F)(F)F)cc([N+](=O)[O-])c2n1CC. The topological polar surface area (TPSA) is 61.0 Å². The molecule has 0 N–H and O–H groups in total. The Labute approximate surface area is 124 Å². The summed E-state index contributed by atoms with van der Waals surface area (Å²) in [6.45, 7) is 4.20. The van der Waals surface area contributed by atoms with Crippen LogP contribution in [0.2, 0.25) is 0 Å². The fraction of sp³-hybridized carbons (Fsp3) is 0.500. The fourth-order valence-electron chi connectivity index (χ4n) is 2.46. The number of non-ortho nitro benzene ring substituents is 1. The molecule has 2 aromatic rings. The third-order valence-electron chi connectivity index (χ3n) is 3.49. The summed E-state index contributed by atoms with van der Waals surface area (Å²) in [5.74, 6) is 0.585. The maximum Gasteiger partial charge on any atom is 0.416 e. The van der Waals surface area contributed by atoms with Crippen molar-refractivity contribution in [1.82, 2.24) is 9.55 Å². The molecule has 0 unspecified atom stereocenters. The second-order valence-electron chi connectivity index (χ2n) is 4.99. The van der Waals surface area contributed by atoms with Crippen LogP contribution in [-0.4, -0.2) is 14.5 Å². The molecule has 0 spiro atoms. The predicted molar refractivity (Wildman–Crippen MR) is 75.7 cm³/mol. The summed E-state index contributed by atoms with van der Waals surface area (Å²) in [6, 6.07) is 1.46. The van der Waals surface area contributed by atoms with E-state index in [1.807, 2.05) is 6.92 Å². The van der Waals surface area contributed by atoms with Gasteiger partial charge in [-0.3, -0.25) is 10.1 Å². The molecule has 8 heteroatoms. The van der Waals surface area contributed by atoms with Gasteiger partial charge in [0, 0.05) is 19.0 Å². The summed E-state index contributed by atoms with van der Waals surface area (Å²) in [7, 11) is 0. The molecule has 5 nitrogen and oxygen atoms in total. The average molecular weight is 315 g/mol. The van der Waals surface area contributed by atoms with Crippen LogP contribution in [0.15, 0.2) is 12.1 Å². The molecule has 120 valence electrons. The Morgan fingerprint density at radius 3 is 2.50 bits per heavy atom. The molecule has 0 aliphatic carbocycles. The van der Waals surface area contributed by atoms with Crippen LogP contribution in [0.25, 0.3) is 11.0 Å². The maximum absolute atomic E-state index is 12.9. The zero-order valence-corrected chi connectivity index (χ0v) is 12.3. The summed E-state index contributed by atoms with van der Waals surface area (Å²) >= 11 is 0. The van der Waals surface area contributed by atoms with E-state index in [0.717, 1.165) is 18.9 Å². The van der Waals surface area contributed by atoms with E-state index >= 15 is 0 Å². The quantitative estimate of drug-likeness (QED) is 0.609. The Balaban J connectivity index is 2.74. The lowest BCUT2D eigenvalue weighted by molar-refractivity contribution is -0.383. The molecule has 2 rings (SSSR count). The summed E-state index contributed by atoms with van der Waals surface area (Å²) < 4.78 is 40.3. The molecular weight excluding hydrogens is 299 g/mol. The van der Waals surface area contributed by atoms with Crippen LogP contribution < -0.4 is 0 Å². The van der Waals surface area contributed by atoms with Crippen molar-refractivity contribution in [3.8, 4) is 0 Å². The lowest BCUT2D eigenvalue weighted by atomic mass is 10.1. The Morgan fingerprint density at radius 2 is 2.00 bits per heavy atom. The van der Waals surface area contributed by atoms with Gasteiger partial charge >= 0.3 is 6.18 Å². The number of nitro benzene ring substituents is 1. The van der Waals surface area contributed by atoms with Gasteiger partial charge in [0.05, 0.1) is 16.0 Å². The van der Waals surface area contributed by atoms with Gasteiger partial charge in [-0.15, -0.1) is 0 Å². The lowest BCUT2D eigenvalue weighted by Crippen LogP contribution is -2.07. The molecule has 0 fully saturated rings. The predicted octanol–water partition coefficient (Wildman–Crippen LogP) is 4.33. The molecule has 1 heterocycles. The number of benzene rings is 1. The van der Waals surface area contributed by atoms with E-state index in [-0.39, 0.29) is 11.0 Å². The van der Waals surface area contributed by atoms with Gasteiger partial charge in [0.2, 0.25) is 0 Å². The van der Waals surface area contributed by atoms with Gasteiger partial charge in [-0.1, -0.05) is 13.3 Å². The average Bonchev–Trinajstić information content (AvgIpc) is 2.80. The number of rotatable bonds is 5. The maximum atomic E-state index is 12.9. The van der Waals surface area contributed by atoms with E-state index in [2.05, 4.69) is 4.98 Å². The van der Waals surface area contributed by atoms with Gasteiger partial charge in [-0.05, 0) is 19.4 Å². The van der Waals surface area contributed by atoms with Crippen LogP contribution >= 0.6 is 0 Å². The standard InChI is InChI=1S/C14H16F3N3O2/c1-3-5-6-12-18-10-7-9(14(15,16)17)8-11(20(21)22)13(10)19(12)4-2/h7-8H,3-6H2,1-2H3. The summed E-state index contributed by atoms with van der Waals surface area (Å²) in [5.41, 5.74) is -1.42. The first-order chi connectivity index (χ1) is 10.3. The molecule has 1 aromatic heterocycles. The van der Waals surface area contributed by atoms with E-state index in [1.165, 1.54) is 0 Å². The third kappa shape index (κ3) is 2.90. The molecule has 22 heavy (non-hydrogen) atoms. The monoisotopic (exact) mass is 315 g/mol. The number of hydrogen-bond donors (Lipinski definition) is 0. The van der Waals surface area contributed by atoms with E-state index in [1.54, 1.807) is 11.5 Å². The molecule has 0 saturated carbocycles. The van der Waals surface area contributed by atoms with Crippen molar-refractivity contribution in [2.24, 2.45) is 0 Å². The highest BCUT2D eigenvalue weighted by molar-refractivity contribution is 5.86. The molecule has 0 saturated heterocycles. The van der Waals surface area contributed by atoms with Crippen LogP contribution in [0.1, 0.15) is 38.1 Å². The van der Waals surface area contributed by atoms with Gasteiger partial charge in [0.25, 0.3) is 5.69 Å². The van der Waals surface area contributed by atoms with Crippen LogP contribution in [0.5, 0.6) is 0 Å². The van der Waals surface area contributed by atoms with Gasteiger partial charge in [-0.2, -0.15) is 13.2 Å². The van der Waals surface area contributed by atoms with E-state index in [4.69, 9.17) is 0 Å². The molecule has 0 bridgehead atoms. The fourth-order valence-corrected chi connectivity index (χ4v) is 2.46. The van der Waals surface area contributed by atoms with Crippen molar-refractivity contribution in [2.75, 3.05) is 0 Å². The van der Waals surface area contributed by atoms with Gasteiger partial charge in [0.1, 0.15) is 11.3 Å². The highest BCUT2D eigenvalue weighted by Gasteiger charge is 2.34. The minimum atomic E-state index is -4.64. The first-order valence-corrected chi connectivity index (χ1v) is 7.04. The number of aryl methyl sites for hydroxylation is 2. The first-order valence-electron chi connectivity index (χ1n) is 7.04. The summed E-state index contributed by atoms with van der Waals surface area (Å²) in [4.78, 5) is 14.6. The Bertz CT molecular complexity index is 707. The number of nitro groups is 1. The summed E-state index contributed by atoms with van der Waals surface area (Å²) in [5, 5.41) is 11.2. The molecule has 0 amide bonds. The van der Waals surface area contributed by atoms with Crippen LogP contribution in [0.4, 0.5) is 18.9 Å². The van der Waals surface area contributed by atoms with Crippen molar-refractivity contribution in [2.45, 2.75) is 45.8 Å². The van der Waals surface area contributed by atoms with E-state index < -0.39 is 22.4 Å². The molecule has 0 radical (unpaired) electrons. The Hall–Kier alpha value is -2.12. The normalized spacial score (nSPS) is 12.0. The highest BCUT2D eigenvalue weighted by atomic mass is 19.4. The van der Waals surface area contributed by atoms with Crippen molar-refractivity contribution >= 4 is 16.7 Å². The molecule has 1 aromatic carbocycles. The number of unbranched alkanes of at least 4 members (excludes halogenated alkanes) is 1. The zero-order valence-electron chi connectivity index (χ0n) is 12.3. The minimum Gasteiger partial charge on any atom is -0.323 e. The van der Waals surface area contributed by atoms with Gasteiger partial charge < -0.3 is 4.57 Å². The largest absolute Gasteiger partial charge is 0.416 e. The lowest BCUT2D eigenvalue weighted by Gasteiger charge is -2.08. The Kier molecular flexibility index (Phi) is 4.39. The minimum absolute atomic E-state index is 0.0227. The highest BCUT2D eigenvalue weighted by Crippen LogP contribution is 2.36. The van der Waals surface area contributed by atoms with E-state index in [0.29, 0.717) is 24.9 Å². The Morgan fingerprint density at radius 1 is 1.32 bits per heavy atom. The number of hydrogen-bond acceptors (Lipinski definition) is 3. The van der Waals surface area contributed by atoms with E-state index in [9.17, 15) is 23.3 Å². The first kappa shape index (κ1) is 16.3. The summed E-state index contributed by atoms with van der Waals surface area (Å²) in [6.07, 6.45) is -2.33. The zero-order chi connectivity index (χ0) is 16.5. The number of nitrogens with zero attached hydrogens (tertiary/aromatic N) is 3. The van der Waals surface area contributed by atoms with Crippen molar-refractivity contribution in [3.05, 3.63) is 33.6 Å². The second kappa shape index (κ2) is 5.94. The van der Waals surface area contributed by atoms with Crippen molar-refractivity contribution in [1.29, 1.82) is 0 Å². The van der Waals surface area contributed by atoms with Crippen LogP contribution in [0.3, 0.4) is 0 Å². The number of alkyl halides is 3. The molecule has 0 atom stereocenters. The number of fused-ring (bicyclic) bond motifs is 1. The van der Waals surface area contributed by atoms with Crippen LogP contribution in [-0.2, 0) is 19.1 Å². The number of aromatic nitrogens is 2. The molecular formula is C14H16F3N3O2. The van der Waals surface area contributed by atoms with Crippen molar-refractivity contribution in [3.63, 3.8) is 0 Å². The molecule has 0 aliphatic heterocycles. The smallest absolute Gasteiger partial charge is 0.323 e. The van der Waals surface area contributed by atoms with Gasteiger partial charge in [0.15, 0.2) is 0 Å². The second-order valence-corrected chi connectivity index (χ2v) is 4.99. The number of imidazole rings is 1. The number of halogens is 3. The third-order valence-corrected chi connectivity index (χ3v) is 3.49. The molecule has 0 aliphatic rings.